The molecule has 0 N–H and O–H groups in total. The Morgan fingerprint density at radius 2 is 2.05 bits per heavy atom. The maximum absolute atomic E-state index is 11.2. The Morgan fingerprint density at radius 1 is 1.30 bits per heavy atom. The van der Waals surface area contributed by atoms with Crippen LogP contribution in [0.3, 0.4) is 0 Å². The highest BCUT2D eigenvalue weighted by Gasteiger charge is 2.11. The number of carbonyl (C=O) groups is 1. The zero-order valence-corrected chi connectivity index (χ0v) is 13.1. The molecule has 0 aliphatic rings. The predicted octanol–water partition coefficient (Wildman–Crippen LogP) is 2.66. The third kappa shape index (κ3) is 5.90. The maximum atomic E-state index is 11.2. The van der Waals surface area contributed by atoms with Crippen LogP contribution in [-0.2, 0) is 20.8 Å². The lowest BCUT2D eigenvalue weighted by Gasteiger charge is -2.22. The Kier molecular flexibility index (Phi) is 7.59. The van der Waals surface area contributed by atoms with Gasteiger partial charge in [-0.3, -0.25) is 9.69 Å². The first-order valence-corrected chi connectivity index (χ1v) is 6.97. The highest BCUT2D eigenvalue weighted by molar-refractivity contribution is 6.31. The number of benzene rings is 1. The minimum atomic E-state index is -0.206. The average Bonchev–Trinajstić information content (AvgIpc) is 2.43. The van der Waals surface area contributed by atoms with Crippen molar-refractivity contribution in [1.82, 2.24) is 4.90 Å². The van der Waals surface area contributed by atoms with Crippen molar-refractivity contribution >= 4 is 17.6 Å². The quantitative estimate of drug-likeness (QED) is 0.692. The molecule has 4 nitrogen and oxygen atoms in total. The summed E-state index contributed by atoms with van der Waals surface area (Å²) < 4.78 is 9.77. The van der Waals surface area contributed by atoms with E-state index in [1.54, 1.807) is 7.11 Å². The molecule has 0 fully saturated rings. The molecule has 0 aliphatic carbocycles. The minimum absolute atomic E-state index is 0.206. The molecule has 0 aromatic heterocycles. The fourth-order valence-electron chi connectivity index (χ4n) is 1.86. The second kappa shape index (κ2) is 8.95. The van der Waals surface area contributed by atoms with Crippen LogP contribution in [0.2, 0.25) is 5.02 Å². The summed E-state index contributed by atoms with van der Waals surface area (Å²) >= 11 is 6.25. The monoisotopic (exact) mass is 299 g/mol. The highest BCUT2D eigenvalue weighted by Crippen LogP contribution is 2.19. The summed E-state index contributed by atoms with van der Waals surface area (Å²) in [5, 5.41) is 0.755. The van der Waals surface area contributed by atoms with Crippen molar-refractivity contribution in [3.8, 4) is 0 Å². The van der Waals surface area contributed by atoms with Crippen LogP contribution in [0.15, 0.2) is 18.2 Å². The number of hydrogen-bond donors (Lipinski definition) is 0. The second-order valence-corrected chi connectivity index (χ2v) is 5.10. The molecule has 5 heteroatoms. The van der Waals surface area contributed by atoms with Crippen LogP contribution in [0.25, 0.3) is 0 Å². The summed E-state index contributed by atoms with van der Waals surface area (Å²) in [7, 11) is 3.07. The standard InChI is InChI=1S/C15H22ClNO3/c1-12-4-5-13(14(16)10-12)11-17(8-9-19-2)7-6-15(18)20-3/h4-5,10H,6-9,11H2,1-3H3. The summed E-state index contributed by atoms with van der Waals surface area (Å²) in [4.78, 5) is 13.4. The van der Waals surface area contributed by atoms with E-state index >= 15 is 0 Å². The van der Waals surface area contributed by atoms with E-state index in [0.29, 0.717) is 26.1 Å². The number of rotatable bonds is 8. The molecular formula is C15H22ClNO3. The fourth-order valence-corrected chi connectivity index (χ4v) is 2.16. The van der Waals surface area contributed by atoms with Crippen molar-refractivity contribution in [2.75, 3.05) is 33.9 Å². The summed E-state index contributed by atoms with van der Waals surface area (Å²) in [6.07, 6.45) is 0.365. The normalized spacial score (nSPS) is 10.8. The number of nitrogens with zero attached hydrogens (tertiary/aromatic N) is 1. The van der Waals surface area contributed by atoms with Crippen LogP contribution in [0.5, 0.6) is 0 Å². The first-order chi connectivity index (χ1) is 9.56. The number of ether oxygens (including phenoxy) is 2. The molecule has 112 valence electrons. The molecule has 0 amide bonds. The molecular weight excluding hydrogens is 278 g/mol. The van der Waals surface area contributed by atoms with Gasteiger partial charge in [0.2, 0.25) is 0 Å². The van der Waals surface area contributed by atoms with Crippen LogP contribution < -0.4 is 0 Å². The molecule has 1 aromatic carbocycles. The molecule has 0 bridgehead atoms. The van der Waals surface area contributed by atoms with Gasteiger partial charge in [-0.25, -0.2) is 0 Å². The fraction of sp³-hybridized carbons (Fsp3) is 0.533. The largest absolute Gasteiger partial charge is 0.469 e. The number of carbonyl (C=O) groups excluding carboxylic acids is 1. The maximum Gasteiger partial charge on any atom is 0.306 e. The molecule has 0 atom stereocenters. The van der Waals surface area contributed by atoms with Gasteiger partial charge in [0.25, 0.3) is 0 Å². The number of hydrogen-bond acceptors (Lipinski definition) is 4. The third-order valence-electron chi connectivity index (χ3n) is 3.07. The second-order valence-electron chi connectivity index (χ2n) is 4.69. The molecule has 0 heterocycles. The van der Waals surface area contributed by atoms with Gasteiger partial charge in [0.1, 0.15) is 0 Å². The highest BCUT2D eigenvalue weighted by atomic mass is 35.5. The van der Waals surface area contributed by atoms with Gasteiger partial charge in [0, 0.05) is 31.8 Å². The van der Waals surface area contributed by atoms with E-state index in [1.807, 2.05) is 25.1 Å². The first-order valence-electron chi connectivity index (χ1n) is 6.60. The molecule has 1 rings (SSSR count). The topological polar surface area (TPSA) is 38.8 Å². The van der Waals surface area contributed by atoms with Crippen LogP contribution in [0.1, 0.15) is 17.5 Å². The zero-order valence-electron chi connectivity index (χ0n) is 12.3. The molecule has 0 saturated heterocycles. The molecule has 0 aliphatic heterocycles. The van der Waals surface area contributed by atoms with Crippen LogP contribution in [0.4, 0.5) is 0 Å². The average molecular weight is 300 g/mol. The molecule has 0 unspecified atom stereocenters. The Balaban J connectivity index is 2.65. The van der Waals surface area contributed by atoms with E-state index in [1.165, 1.54) is 7.11 Å². The van der Waals surface area contributed by atoms with Crippen molar-refractivity contribution in [3.05, 3.63) is 34.3 Å². The molecule has 0 saturated carbocycles. The van der Waals surface area contributed by atoms with Crippen molar-refractivity contribution in [2.24, 2.45) is 0 Å². The van der Waals surface area contributed by atoms with E-state index in [9.17, 15) is 4.79 Å². The smallest absolute Gasteiger partial charge is 0.306 e. The summed E-state index contributed by atoms with van der Waals surface area (Å²) in [5.74, 6) is -0.206. The lowest BCUT2D eigenvalue weighted by Crippen LogP contribution is -2.29. The van der Waals surface area contributed by atoms with E-state index in [0.717, 1.165) is 22.7 Å². The Labute approximate surface area is 125 Å². The molecule has 0 spiro atoms. The van der Waals surface area contributed by atoms with E-state index in [-0.39, 0.29) is 5.97 Å². The Bertz CT molecular complexity index is 437. The van der Waals surface area contributed by atoms with Crippen molar-refractivity contribution in [1.29, 1.82) is 0 Å². The Hall–Kier alpha value is -1.10. The van der Waals surface area contributed by atoms with E-state index in [2.05, 4.69) is 9.64 Å². The van der Waals surface area contributed by atoms with E-state index in [4.69, 9.17) is 16.3 Å². The third-order valence-corrected chi connectivity index (χ3v) is 3.43. The van der Waals surface area contributed by atoms with Gasteiger partial charge in [-0.15, -0.1) is 0 Å². The van der Waals surface area contributed by atoms with Gasteiger partial charge in [-0.2, -0.15) is 0 Å². The number of esters is 1. The number of methoxy groups -OCH3 is 2. The lowest BCUT2D eigenvalue weighted by atomic mass is 10.1. The molecule has 20 heavy (non-hydrogen) atoms. The number of halogens is 1. The summed E-state index contributed by atoms with van der Waals surface area (Å²) in [6, 6.07) is 6.01. The predicted molar refractivity (Wildman–Crippen MR) is 80.0 cm³/mol. The first kappa shape index (κ1) is 17.0. The van der Waals surface area contributed by atoms with Crippen molar-refractivity contribution in [3.63, 3.8) is 0 Å². The van der Waals surface area contributed by atoms with Gasteiger partial charge in [0.05, 0.1) is 20.1 Å². The number of aryl methyl sites for hydroxylation is 1. The van der Waals surface area contributed by atoms with Crippen molar-refractivity contribution in [2.45, 2.75) is 19.9 Å². The van der Waals surface area contributed by atoms with Gasteiger partial charge in [-0.05, 0) is 24.1 Å². The minimum Gasteiger partial charge on any atom is -0.469 e. The molecule has 0 radical (unpaired) electrons. The van der Waals surface area contributed by atoms with Crippen LogP contribution >= 0.6 is 11.6 Å². The Morgan fingerprint density at radius 3 is 2.65 bits per heavy atom. The van der Waals surface area contributed by atoms with Gasteiger partial charge in [-0.1, -0.05) is 23.7 Å². The molecule has 1 aromatic rings. The zero-order chi connectivity index (χ0) is 15.0. The summed E-state index contributed by atoms with van der Waals surface area (Å²) in [6.45, 7) is 4.69. The van der Waals surface area contributed by atoms with Gasteiger partial charge >= 0.3 is 5.97 Å². The summed E-state index contributed by atoms with van der Waals surface area (Å²) in [5.41, 5.74) is 2.19. The van der Waals surface area contributed by atoms with Gasteiger partial charge < -0.3 is 9.47 Å². The van der Waals surface area contributed by atoms with E-state index < -0.39 is 0 Å². The SMILES string of the molecule is COCCN(CCC(=O)OC)Cc1ccc(C)cc1Cl. The van der Waals surface area contributed by atoms with Crippen LogP contribution in [0, 0.1) is 6.92 Å². The van der Waals surface area contributed by atoms with Gasteiger partial charge in [0.15, 0.2) is 0 Å². The van der Waals surface area contributed by atoms with Crippen LogP contribution in [-0.4, -0.2) is 44.8 Å². The van der Waals surface area contributed by atoms with Crippen molar-refractivity contribution < 1.29 is 14.3 Å². The lowest BCUT2D eigenvalue weighted by molar-refractivity contribution is -0.141.